The van der Waals surface area contributed by atoms with Gasteiger partial charge in [-0.15, -0.1) is 0 Å². The Kier molecular flexibility index (Phi) is 3.77. The Balaban J connectivity index is 2.24. The van der Waals surface area contributed by atoms with Crippen LogP contribution in [-0.2, 0) is 9.59 Å². The maximum atomic E-state index is 12.3. The van der Waals surface area contributed by atoms with E-state index in [1.807, 2.05) is 37.3 Å². The van der Waals surface area contributed by atoms with Gasteiger partial charge in [-0.2, -0.15) is 0 Å². The highest BCUT2D eigenvalue weighted by Gasteiger charge is 2.42. The number of hydrogen-bond acceptors (Lipinski definition) is 3. The Bertz CT molecular complexity index is 440. The van der Waals surface area contributed by atoms with Crippen LogP contribution in [-0.4, -0.2) is 34.5 Å². The smallest absolute Gasteiger partial charge is 0.237 e. The van der Waals surface area contributed by atoms with Gasteiger partial charge in [0.05, 0.1) is 18.6 Å². The van der Waals surface area contributed by atoms with Gasteiger partial charge >= 0.3 is 0 Å². The number of amides is 2. The van der Waals surface area contributed by atoms with Gasteiger partial charge in [-0.1, -0.05) is 37.3 Å². The molecule has 1 aliphatic rings. The summed E-state index contributed by atoms with van der Waals surface area (Å²) in [4.78, 5) is 25.4. The topological polar surface area (TPSA) is 57.6 Å². The summed E-state index contributed by atoms with van der Waals surface area (Å²) in [6.07, 6.45) is 0.787. The summed E-state index contributed by atoms with van der Waals surface area (Å²) in [5.41, 5.74) is 0.867. The molecule has 18 heavy (non-hydrogen) atoms. The molecule has 4 nitrogen and oxygen atoms in total. The molecule has 1 saturated heterocycles. The number of carbonyl (C=O) groups excluding carboxylic acids is 2. The third kappa shape index (κ3) is 2.16. The molecule has 2 amide bonds. The average molecular weight is 247 g/mol. The molecule has 0 spiro atoms. The third-order valence-electron chi connectivity index (χ3n) is 3.43. The van der Waals surface area contributed by atoms with Gasteiger partial charge < -0.3 is 5.11 Å². The first-order valence-electron chi connectivity index (χ1n) is 6.20. The Morgan fingerprint density at radius 3 is 2.56 bits per heavy atom. The quantitative estimate of drug-likeness (QED) is 0.816. The molecular formula is C14H17NO3. The summed E-state index contributed by atoms with van der Waals surface area (Å²) >= 11 is 0. The number of carbonyl (C=O) groups is 2. The van der Waals surface area contributed by atoms with Crippen molar-refractivity contribution in [3.05, 3.63) is 35.9 Å². The molecule has 1 heterocycles. The van der Waals surface area contributed by atoms with E-state index >= 15 is 0 Å². The maximum absolute atomic E-state index is 12.3. The molecule has 0 aromatic heterocycles. The summed E-state index contributed by atoms with van der Waals surface area (Å²) in [6.45, 7) is 1.69. The lowest BCUT2D eigenvalue weighted by Crippen LogP contribution is -2.41. The zero-order valence-corrected chi connectivity index (χ0v) is 10.4. The number of rotatable bonds is 4. The van der Waals surface area contributed by atoms with Gasteiger partial charge in [0, 0.05) is 6.42 Å². The van der Waals surface area contributed by atoms with Crippen molar-refractivity contribution in [2.24, 2.45) is 0 Å². The highest BCUT2D eigenvalue weighted by atomic mass is 16.3. The summed E-state index contributed by atoms with van der Waals surface area (Å²) < 4.78 is 0. The molecule has 1 aromatic rings. The molecule has 4 heteroatoms. The summed E-state index contributed by atoms with van der Waals surface area (Å²) in [7, 11) is 0. The minimum absolute atomic E-state index is 0.171. The predicted octanol–water partition coefficient (Wildman–Crippen LogP) is 1.30. The first kappa shape index (κ1) is 12.8. The normalized spacial score (nSPS) is 21.4. The van der Waals surface area contributed by atoms with Gasteiger partial charge in [0.1, 0.15) is 0 Å². The van der Waals surface area contributed by atoms with Gasteiger partial charge in [0.2, 0.25) is 11.8 Å². The Morgan fingerprint density at radius 2 is 2.00 bits per heavy atom. The predicted molar refractivity (Wildman–Crippen MR) is 66.8 cm³/mol. The molecule has 2 atom stereocenters. The van der Waals surface area contributed by atoms with E-state index in [1.54, 1.807) is 0 Å². The van der Waals surface area contributed by atoms with Crippen LogP contribution in [0.5, 0.6) is 0 Å². The molecule has 1 N–H and O–H groups in total. The van der Waals surface area contributed by atoms with Crippen LogP contribution in [0, 0.1) is 0 Å². The lowest BCUT2D eigenvalue weighted by molar-refractivity contribution is -0.142. The van der Waals surface area contributed by atoms with Gasteiger partial charge in [-0.25, -0.2) is 0 Å². The van der Waals surface area contributed by atoms with Crippen molar-refractivity contribution in [3.8, 4) is 0 Å². The molecule has 0 saturated carbocycles. The lowest BCUT2D eigenvalue weighted by atomic mass is 9.98. The minimum Gasteiger partial charge on any atom is -0.394 e. The molecular weight excluding hydrogens is 230 g/mol. The first-order valence-corrected chi connectivity index (χ1v) is 6.20. The van der Waals surface area contributed by atoms with Crippen molar-refractivity contribution < 1.29 is 14.7 Å². The Hall–Kier alpha value is -1.68. The van der Waals surface area contributed by atoms with Crippen LogP contribution < -0.4 is 0 Å². The maximum Gasteiger partial charge on any atom is 0.237 e. The number of aliphatic hydroxyl groups excluding tert-OH is 1. The fourth-order valence-electron chi connectivity index (χ4n) is 2.37. The number of aliphatic hydroxyl groups is 1. The number of nitrogens with zero attached hydrogens (tertiary/aromatic N) is 1. The molecule has 0 radical (unpaired) electrons. The van der Waals surface area contributed by atoms with Crippen LogP contribution in [0.3, 0.4) is 0 Å². The van der Waals surface area contributed by atoms with Gasteiger partial charge in [-0.05, 0) is 12.0 Å². The van der Waals surface area contributed by atoms with E-state index in [1.165, 1.54) is 4.90 Å². The van der Waals surface area contributed by atoms with Crippen molar-refractivity contribution in [3.63, 3.8) is 0 Å². The van der Waals surface area contributed by atoms with Crippen molar-refractivity contribution in [1.29, 1.82) is 0 Å². The van der Waals surface area contributed by atoms with E-state index in [-0.39, 0.29) is 30.8 Å². The van der Waals surface area contributed by atoms with E-state index < -0.39 is 6.04 Å². The standard InChI is InChI=1S/C14H17NO3/c1-2-11(9-16)15-13(17)8-12(14(15)18)10-6-4-3-5-7-10/h3-7,11-12,16H,2,8-9H2,1H3/t11-,12?/m1/s1. The summed E-state index contributed by atoms with van der Waals surface area (Å²) in [5, 5.41) is 9.23. The van der Waals surface area contributed by atoms with Gasteiger partial charge in [-0.3, -0.25) is 14.5 Å². The largest absolute Gasteiger partial charge is 0.394 e. The van der Waals surface area contributed by atoms with E-state index in [0.29, 0.717) is 6.42 Å². The second-order valence-electron chi connectivity index (χ2n) is 4.51. The first-order chi connectivity index (χ1) is 8.69. The van der Waals surface area contributed by atoms with Crippen LogP contribution in [0.1, 0.15) is 31.2 Å². The molecule has 1 aromatic carbocycles. The number of likely N-dealkylation sites (tertiary alicyclic amines) is 1. The highest BCUT2D eigenvalue weighted by Crippen LogP contribution is 2.31. The van der Waals surface area contributed by atoms with Crippen molar-refractivity contribution >= 4 is 11.8 Å². The van der Waals surface area contributed by atoms with E-state index in [0.717, 1.165) is 5.56 Å². The van der Waals surface area contributed by atoms with Crippen LogP contribution >= 0.6 is 0 Å². The molecule has 0 aliphatic carbocycles. The number of imide groups is 1. The van der Waals surface area contributed by atoms with Gasteiger partial charge in [0.15, 0.2) is 0 Å². The Labute approximate surface area is 106 Å². The van der Waals surface area contributed by atoms with Crippen LogP contribution in [0.2, 0.25) is 0 Å². The third-order valence-corrected chi connectivity index (χ3v) is 3.43. The molecule has 1 aliphatic heterocycles. The fraction of sp³-hybridized carbons (Fsp3) is 0.429. The fourth-order valence-corrected chi connectivity index (χ4v) is 2.37. The lowest BCUT2D eigenvalue weighted by Gasteiger charge is -2.23. The van der Waals surface area contributed by atoms with Crippen LogP contribution in [0.15, 0.2) is 30.3 Å². The van der Waals surface area contributed by atoms with Gasteiger partial charge in [0.25, 0.3) is 0 Å². The minimum atomic E-state index is -0.390. The molecule has 0 bridgehead atoms. The second kappa shape index (κ2) is 5.31. The zero-order chi connectivity index (χ0) is 13.1. The summed E-state index contributed by atoms with van der Waals surface area (Å²) in [6, 6.07) is 8.93. The molecule has 96 valence electrons. The second-order valence-corrected chi connectivity index (χ2v) is 4.51. The SMILES string of the molecule is CC[C@H](CO)N1C(=O)CC(c2ccccc2)C1=O. The number of benzene rings is 1. The highest BCUT2D eigenvalue weighted by molar-refractivity contribution is 6.06. The number of hydrogen-bond donors (Lipinski definition) is 1. The average Bonchev–Trinajstić information content (AvgIpc) is 2.69. The van der Waals surface area contributed by atoms with Crippen LogP contribution in [0.4, 0.5) is 0 Å². The van der Waals surface area contributed by atoms with E-state index in [9.17, 15) is 14.7 Å². The molecule has 2 rings (SSSR count). The summed E-state index contributed by atoms with van der Waals surface area (Å²) in [5.74, 6) is -0.763. The van der Waals surface area contributed by atoms with Crippen molar-refractivity contribution in [2.45, 2.75) is 31.7 Å². The van der Waals surface area contributed by atoms with Crippen LogP contribution in [0.25, 0.3) is 0 Å². The van der Waals surface area contributed by atoms with Crippen molar-refractivity contribution in [1.82, 2.24) is 4.90 Å². The van der Waals surface area contributed by atoms with E-state index in [2.05, 4.69) is 0 Å². The van der Waals surface area contributed by atoms with E-state index in [4.69, 9.17) is 0 Å². The molecule has 1 unspecified atom stereocenters. The van der Waals surface area contributed by atoms with Crippen molar-refractivity contribution in [2.75, 3.05) is 6.61 Å². The monoisotopic (exact) mass is 247 g/mol. The molecule has 1 fully saturated rings. The zero-order valence-electron chi connectivity index (χ0n) is 10.4. The Morgan fingerprint density at radius 1 is 1.33 bits per heavy atom.